The van der Waals surface area contributed by atoms with Crippen LogP contribution >= 0.6 is 34.3 Å². The smallest absolute Gasteiger partial charge is 0.0931 e. The van der Waals surface area contributed by atoms with Crippen molar-refractivity contribution >= 4 is 34.3 Å². The van der Waals surface area contributed by atoms with Crippen LogP contribution in [0.15, 0.2) is 42.5 Å². The van der Waals surface area contributed by atoms with E-state index in [-0.39, 0.29) is 6.04 Å². The molecule has 1 N–H and O–H groups in total. The second-order valence-electron chi connectivity index (χ2n) is 3.94. The molecule has 0 aliphatic heterocycles. The third kappa shape index (κ3) is 4.35. The molecule has 2 nitrogen and oxygen atoms in total. The maximum atomic E-state index is 6.03. The Labute approximate surface area is 126 Å². The molecule has 0 aliphatic carbocycles. The molecular weight excluding hydrogens is 298 g/mol. The van der Waals surface area contributed by atoms with Gasteiger partial charge in [-0.25, -0.2) is 0 Å². The molecule has 5 heteroatoms. The predicted octanol–water partition coefficient (Wildman–Crippen LogP) is 4.69. The first-order valence-electron chi connectivity index (χ1n) is 6.06. The van der Waals surface area contributed by atoms with E-state index in [1.54, 1.807) is 22.7 Å². The van der Waals surface area contributed by atoms with Crippen LogP contribution in [0, 0.1) is 0 Å². The van der Waals surface area contributed by atoms with Crippen LogP contribution in [-0.2, 0) is 4.74 Å². The van der Waals surface area contributed by atoms with Gasteiger partial charge in [0.05, 0.1) is 23.2 Å². The maximum absolute atomic E-state index is 6.03. The Morgan fingerprint density at radius 1 is 1.37 bits per heavy atom. The summed E-state index contributed by atoms with van der Waals surface area (Å²) in [5.41, 5.74) is 0. The van der Waals surface area contributed by atoms with Gasteiger partial charge < -0.3 is 10.1 Å². The van der Waals surface area contributed by atoms with Crippen molar-refractivity contribution in [1.29, 1.82) is 0 Å². The van der Waals surface area contributed by atoms with Gasteiger partial charge in [0.25, 0.3) is 0 Å². The Balaban J connectivity index is 1.97. The van der Waals surface area contributed by atoms with Gasteiger partial charge in [0, 0.05) is 9.75 Å². The molecule has 0 spiro atoms. The Kier molecular flexibility index (Phi) is 5.92. The zero-order valence-corrected chi connectivity index (χ0v) is 12.9. The van der Waals surface area contributed by atoms with Gasteiger partial charge in [-0.2, -0.15) is 0 Å². The fraction of sp³-hybridized carbons (Fsp3) is 0.286. The standard InChI is InChI=1S/C14H16ClNOS2/c1-2-17-9-4-8-16-14(11-5-3-10-18-11)12-6-7-13(15)19-12/h2-3,5-7,10,14,16H,1,4,8-9H2. The van der Waals surface area contributed by atoms with E-state index in [4.69, 9.17) is 16.3 Å². The van der Waals surface area contributed by atoms with Crippen LogP contribution in [0.5, 0.6) is 0 Å². The van der Waals surface area contributed by atoms with Gasteiger partial charge in [-0.3, -0.25) is 0 Å². The number of halogens is 1. The molecule has 0 saturated heterocycles. The molecule has 2 heterocycles. The van der Waals surface area contributed by atoms with Crippen molar-refractivity contribution < 1.29 is 4.74 Å². The topological polar surface area (TPSA) is 21.3 Å². The molecule has 1 atom stereocenters. The third-order valence-electron chi connectivity index (χ3n) is 2.61. The van der Waals surface area contributed by atoms with Crippen molar-refractivity contribution in [3.05, 3.63) is 56.6 Å². The molecule has 2 aromatic rings. The monoisotopic (exact) mass is 313 g/mol. The van der Waals surface area contributed by atoms with E-state index in [1.807, 2.05) is 6.07 Å². The molecule has 0 radical (unpaired) electrons. The van der Waals surface area contributed by atoms with Crippen LogP contribution in [-0.4, -0.2) is 13.2 Å². The van der Waals surface area contributed by atoms with Gasteiger partial charge in [-0.1, -0.05) is 24.2 Å². The van der Waals surface area contributed by atoms with Gasteiger partial charge in [-0.05, 0) is 36.5 Å². The quantitative estimate of drug-likeness (QED) is 0.564. The van der Waals surface area contributed by atoms with Crippen molar-refractivity contribution in [2.75, 3.05) is 13.2 Å². The number of ether oxygens (including phenoxy) is 1. The molecule has 2 aromatic heterocycles. The number of nitrogens with one attached hydrogen (secondary N) is 1. The molecule has 0 saturated carbocycles. The fourth-order valence-electron chi connectivity index (χ4n) is 1.77. The van der Waals surface area contributed by atoms with Gasteiger partial charge in [0.15, 0.2) is 0 Å². The highest BCUT2D eigenvalue weighted by molar-refractivity contribution is 7.16. The van der Waals surface area contributed by atoms with Crippen molar-refractivity contribution in [2.45, 2.75) is 12.5 Å². The third-order valence-corrected chi connectivity index (χ3v) is 4.84. The van der Waals surface area contributed by atoms with E-state index in [2.05, 4.69) is 35.5 Å². The van der Waals surface area contributed by atoms with E-state index in [0.29, 0.717) is 6.61 Å². The summed E-state index contributed by atoms with van der Waals surface area (Å²) in [6, 6.07) is 8.48. The summed E-state index contributed by atoms with van der Waals surface area (Å²) in [4.78, 5) is 2.56. The zero-order valence-electron chi connectivity index (χ0n) is 10.5. The molecule has 2 rings (SSSR count). The lowest BCUT2D eigenvalue weighted by Gasteiger charge is -2.16. The molecule has 0 amide bonds. The summed E-state index contributed by atoms with van der Waals surface area (Å²) in [5.74, 6) is 0. The van der Waals surface area contributed by atoms with E-state index in [9.17, 15) is 0 Å². The number of hydrogen-bond donors (Lipinski definition) is 1. The van der Waals surface area contributed by atoms with Crippen molar-refractivity contribution in [1.82, 2.24) is 5.32 Å². The normalized spacial score (nSPS) is 12.3. The van der Waals surface area contributed by atoms with Crippen LogP contribution in [0.2, 0.25) is 4.34 Å². The minimum absolute atomic E-state index is 0.223. The highest BCUT2D eigenvalue weighted by Gasteiger charge is 2.16. The molecular formula is C14H16ClNOS2. The van der Waals surface area contributed by atoms with Crippen molar-refractivity contribution in [3.8, 4) is 0 Å². The minimum Gasteiger partial charge on any atom is -0.502 e. The van der Waals surface area contributed by atoms with Crippen molar-refractivity contribution in [2.24, 2.45) is 0 Å². The molecule has 0 bridgehead atoms. The SMILES string of the molecule is C=COCCCNC(c1cccs1)c1ccc(Cl)s1. The lowest BCUT2D eigenvalue weighted by atomic mass is 10.2. The Morgan fingerprint density at radius 2 is 2.26 bits per heavy atom. The summed E-state index contributed by atoms with van der Waals surface area (Å²) in [6.07, 6.45) is 2.43. The van der Waals surface area contributed by atoms with Crippen molar-refractivity contribution in [3.63, 3.8) is 0 Å². The van der Waals surface area contributed by atoms with Crippen LogP contribution < -0.4 is 5.32 Å². The second kappa shape index (κ2) is 7.70. The average molecular weight is 314 g/mol. The highest BCUT2D eigenvalue weighted by atomic mass is 35.5. The summed E-state index contributed by atoms with van der Waals surface area (Å²) in [7, 11) is 0. The van der Waals surface area contributed by atoms with Crippen LogP contribution in [0.1, 0.15) is 22.2 Å². The predicted molar refractivity (Wildman–Crippen MR) is 84.3 cm³/mol. The Hall–Kier alpha value is -0.810. The molecule has 19 heavy (non-hydrogen) atoms. The first kappa shape index (κ1) is 14.6. The van der Waals surface area contributed by atoms with E-state index < -0.39 is 0 Å². The second-order valence-corrected chi connectivity index (χ2v) is 6.66. The lowest BCUT2D eigenvalue weighted by molar-refractivity contribution is 0.244. The lowest BCUT2D eigenvalue weighted by Crippen LogP contribution is -2.22. The van der Waals surface area contributed by atoms with E-state index >= 15 is 0 Å². The number of thiophene rings is 2. The van der Waals surface area contributed by atoms with E-state index in [0.717, 1.165) is 17.3 Å². The maximum Gasteiger partial charge on any atom is 0.0931 e. The fourth-order valence-corrected chi connectivity index (χ4v) is 3.81. The molecule has 0 fully saturated rings. The average Bonchev–Trinajstić information content (AvgIpc) is 3.05. The van der Waals surface area contributed by atoms with Crippen LogP contribution in [0.25, 0.3) is 0 Å². The molecule has 1 unspecified atom stereocenters. The first-order valence-corrected chi connectivity index (χ1v) is 8.13. The summed E-state index contributed by atoms with van der Waals surface area (Å²) in [6.45, 7) is 5.12. The first-order chi connectivity index (χ1) is 9.31. The molecule has 0 aromatic carbocycles. The number of rotatable bonds is 8. The van der Waals surface area contributed by atoms with E-state index in [1.165, 1.54) is 16.0 Å². The largest absolute Gasteiger partial charge is 0.502 e. The van der Waals surface area contributed by atoms with Crippen LogP contribution in [0.3, 0.4) is 0 Å². The van der Waals surface area contributed by atoms with Gasteiger partial charge in [-0.15, -0.1) is 22.7 Å². The van der Waals surface area contributed by atoms with Gasteiger partial charge >= 0.3 is 0 Å². The Morgan fingerprint density at radius 3 is 2.89 bits per heavy atom. The van der Waals surface area contributed by atoms with Gasteiger partial charge in [0.2, 0.25) is 0 Å². The summed E-state index contributed by atoms with van der Waals surface area (Å²) < 4.78 is 5.95. The Bertz CT molecular complexity index is 495. The summed E-state index contributed by atoms with van der Waals surface area (Å²) >= 11 is 9.41. The summed E-state index contributed by atoms with van der Waals surface area (Å²) in [5, 5.41) is 5.66. The minimum atomic E-state index is 0.223. The van der Waals surface area contributed by atoms with Crippen LogP contribution in [0.4, 0.5) is 0 Å². The zero-order chi connectivity index (χ0) is 13.5. The molecule has 102 valence electrons. The number of hydrogen-bond acceptors (Lipinski definition) is 4. The molecule has 0 aliphatic rings. The van der Waals surface area contributed by atoms with Gasteiger partial charge in [0.1, 0.15) is 0 Å². The highest BCUT2D eigenvalue weighted by Crippen LogP contribution is 2.32.